The number of amides is 2. The molecule has 174 valence electrons. The highest BCUT2D eigenvalue weighted by Gasteiger charge is 2.50. The Morgan fingerprint density at radius 2 is 1.71 bits per heavy atom. The fourth-order valence-electron chi connectivity index (χ4n) is 6.08. The lowest BCUT2D eigenvalue weighted by Crippen LogP contribution is -2.56. The number of carbonyl (C=O) groups is 2. The van der Waals surface area contributed by atoms with Gasteiger partial charge in [0.15, 0.2) is 0 Å². The summed E-state index contributed by atoms with van der Waals surface area (Å²) in [6.45, 7) is 3.06. The first-order valence-corrected chi connectivity index (χ1v) is 12.5. The summed E-state index contributed by atoms with van der Waals surface area (Å²) in [6.07, 6.45) is 5.86. The summed E-state index contributed by atoms with van der Waals surface area (Å²) in [6, 6.07) is -0.0450. The Bertz CT molecular complexity index is 714. The third-order valence-corrected chi connectivity index (χ3v) is 8.79. The maximum Gasteiger partial charge on any atom is 0.242 e. The van der Waals surface area contributed by atoms with Crippen LogP contribution < -0.4 is 11.1 Å². The van der Waals surface area contributed by atoms with Gasteiger partial charge in [-0.25, -0.2) is 4.39 Å². The Morgan fingerprint density at radius 3 is 2.35 bits per heavy atom. The van der Waals surface area contributed by atoms with E-state index < -0.39 is 11.7 Å². The first kappa shape index (κ1) is 21.9. The molecule has 2 saturated carbocycles. The van der Waals surface area contributed by atoms with Gasteiger partial charge in [-0.3, -0.25) is 19.8 Å². The second-order valence-electron chi connectivity index (χ2n) is 10.3. The van der Waals surface area contributed by atoms with Crippen molar-refractivity contribution in [3.05, 3.63) is 0 Å². The van der Waals surface area contributed by atoms with E-state index in [4.69, 9.17) is 17.3 Å². The zero-order valence-corrected chi connectivity index (χ0v) is 18.9. The summed E-state index contributed by atoms with van der Waals surface area (Å²) < 4.78 is 15.3. The number of nitrogens with two attached hydrogens (primary N) is 1. The largest absolute Gasteiger partial charge is 0.339 e. The van der Waals surface area contributed by atoms with Crippen LogP contribution in [-0.2, 0) is 9.59 Å². The maximum absolute atomic E-state index is 15.3. The fourth-order valence-corrected chi connectivity index (χ4v) is 6.58. The summed E-state index contributed by atoms with van der Waals surface area (Å²) in [4.78, 5) is 31.4. The van der Waals surface area contributed by atoms with E-state index in [1.165, 1.54) is 6.42 Å². The first-order chi connectivity index (χ1) is 14.9. The van der Waals surface area contributed by atoms with Gasteiger partial charge in [-0.15, -0.1) is 11.6 Å². The van der Waals surface area contributed by atoms with Crippen molar-refractivity contribution in [3.63, 3.8) is 0 Å². The maximum atomic E-state index is 15.3. The molecule has 5 aliphatic rings. The number of hydrogen-bond donors (Lipinski definition) is 2. The molecule has 2 aliphatic carbocycles. The molecule has 0 aromatic rings. The smallest absolute Gasteiger partial charge is 0.242 e. The number of carbonyl (C=O) groups excluding carboxylic acids is 2. The van der Waals surface area contributed by atoms with E-state index in [-0.39, 0.29) is 47.8 Å². The molecule has 9 heteroatoms. The molecule has 0 radical (unpaired) electrons. The molecule has 7 nitrogen and oxygen atoms in total. The minimum absolute atomic E-state index is 0.0138. The molecule has 2 amide bonds. The molecule has 3 saturated heterocycles. The topological polar surface area (TPSA) is 81.9 Å². The van der Waals surface area contributed by atoms with Gasteiger partial charge in [-0.05, 0) is 51.4 Å². The third kappa shape index (κ3) is 4.09. The van der Waals surface area contributed by atoms with Crippen LogP contribution in [0.25, 0.3) is 0 Å². The molecule has 6 unspecified atom stereocenters. The lowest BCUT2D eigenvalue weighted by Gasteiger charge is -2.40. The highest BCUT2D eigenvalue weighted by molar-refractivity contribution is 6.21. The predicted molar refractivity (Wildman–Crippen MR) is 116 cm³/mol. The van der Waals surface area contributed by atoms with Gasteiger partial charge in [0, 0.05) is 50.6 Å². The van der Waals surface area contributed by atoms with Crippen molar-refractivity contribution in [2.24, 2.45) is 17.6 Å². The molecule has 0 aromatic carbocycles. The van der Waals surface area contributed by atoms with Gasteiger partial charge in [0.1, 0.15) is 11.7 Å². The van der Waals surface area contributed by atoms with E-state index >= 15 is 4.39 Å². The normalized spacial score (nSPS) is 40.5. The third-order valence-electron chi connectivity index (χ3n) is 8.27. The molecule has 5 fully saturated rings. The standard InChI is InChI=1S/C22H35ClFN5O2/c23-19-18(26-17-3-1-2-8-29(17)19)15-5-4-14(13-16(15)24)20(30)27-9-11-28(12-10-27)21(31)22(25)6-7-22/h14-19,26H,1-13,25H2. The van der Waals surface area contributed by atoms with Gasteiger partial charge >= 0.3 is 0 Å². The van der Waals surface area contributed by atoms with Gasteiger partial charge < -0.3 is 15.5 Å². The van der Waals surface area contributed by atoms with E-state index in [9.17, 15) is 9.59 Å². The molecule has 0 aromatic heterocycles. The lowest BCUT2D eigenvalue weighted by atomic mass is 9.76. The number of rotatable bonds is 3. The number of fused-ring (bicyclic) bond motifs is 1. The molecule has 3 aliphatic heterocycles. The highest BCUT2D eigenvalue weighted by Crippen LogP contribution is 2.40. The van der Waals surface area contributed by atoms with Gasteiger partial charge in [0.25, 0.3) is 0 Å². The number of piperazine rings is 1. The number of nitrogens with one attached hydrogen (secondary N) is 1. The molecule has 3 heterocycles. The zero-order valence-electron chi connectivity index (χ0n) is 18.1. The zero-order chi connectivity index (χ0) is 21.8. The molecular weight excluding hydrogens is 421 g/mol. The number of alkyl halides is 2. The van der Waals surface area contributed by atoms with Crippen LogP contribution in [0.5, 0.6) is 0 Å². The molecule has 3 N–H and O–H groups in total. The van der Waals surface area contributed by atoms with Crippen LogP contribution in [0.15, 0.2) is 0 Å². The van der Waals surface area contributed by atoms with Crippen molar-refractivity contribution < 1.29 is 14.0 Å². The van der Waals surface area contributed by atoms with Crippen LogP contribution in [0.4, 0.5) is 4.39 Å². The van der Waals surface area contributed by atoms with Crippen LogP contribution in [0.2, 0.25) is 0 Å². The summed E-state index contributed by atoms with van der Waals surface area (Å²) in [5.74, 6) is -0.345. The number of nitrogens with zero attached hydrogens (tertiary/aromatic N) is 3. The second kappa shape index (κ2) is 8.43. The Hall–Kier alpha value is -0.960. The molecular formula is C22H35ClFN5O2. The van der Waals surface area contributed by atoms with Crippen molar-refractivity contribution in [2.45, 2.75) is 80.8 Å². The van der Waals surface area contributed by atoms with Crippen molar-refractivity contribution in [2.75, 3.05) is 32.7 Å². The van der Waals surface area contributed by atoms with Crippen LogP contribution in [0, 0.1) is 11.8 Å². The van der Waals surface area contributed by atoms with Crippen molar-refractivity contribution in [3.8, 4) is 0 Å². The highest BCUT2D eigenvalue weighted by atomic mass is 35.5. The first-order valence-electron chi connectivity index (χ1n) is 12.0. The molecule has 0 spiro atoms. The Balaban J connectivity index is 1.13. The second-order valence-corrected chi connectivity index (χ2v) is 10.7. The number of hydrogen-bond acceptors (Lipinski definition) is 5. The van der Waals surface area contributed by atoms with E-state index in [1.807, 2.05) is 4.90 Å². The summed E-state index contributed by atoms with van der Waals surface area (Å²) in [7, 11) is 0. The number of piperidine rings is 1. The minimum Gasteiger partial charge on any atom is -0.339 e. The Morgan fingerprint density at radius 1 is 1.00 bits per heavy atom. The van der Waals surface area contributed by atoms with Crippen LogP contribution in [-0.4, -0.2) is 88.7 Å². The van der Waals surface area contributed by atoms with Crippen LogP contribution in [0.3, 0.4) is 0 Å². The molecule has 5 rings (SSSR count). The van der Waals surface area contributed by atoms with Gasteiger partial charge in [-0.2, -0.15) is 0 Å². The summed E-state index contributed by atoms with van der Waals surface area (Å²) in [5, 5.41) is 3.59. The van der Waals surface area contributed by atoms with Crippen molar-refractivity contribution in [1.82, 2.24) is 20.0 Å². The quantitative estimate of drug-likeness (QED) is 0.494. The van der Waals surface area contributed by atoms with E-state index in [2.05, 4.69) is 10.2 Å². The fraction of sp³-hybridized carbons (Fsp3) is 0.909. The summed E-state index contributed by atoms with van der Waals surface area (Å²) >= 11 is 6.73. The van der Waals surface area contributed by atoms with Crippen LogP contribution >= 0.6 is 11.6 Å². The van der Waals surface area contributed by atoms with Crippen molar-refractivity contribution in [1.29, 1.82) is 0 Å². The monoisotopic (exact) mass is 455 g/mol. The van der Waals surface area contributed by atoms with E-state index in [0.717, 1.165) is 32.2 Å². The van der Waals surface area contributed by atoms with Crippen molar-refractivity contribution >= 4 is 23.4 Å². The Labute approximate surface area is 188 Å². The molecule has 6 atom stereocenters. The minimum atomic E-state index is -1.02. The average Bonchev–Trinajstić information content (AvgIpc) is 3.46. The van der Waals surface area contributed by atoms with Crippen LogP contribution in [0.1, 0.15) is 51.4 Å². The lowest BCUT2D eigenvalue weighted by molar-refractivity contribution is -0.144. The summed E-state index contributed by atoms with van der Waals surface area (Å²) in [5.41, 5.74) is 5.21. The van der Waals surface area contributed by atoms with Gasteiger partial charge in [0.2, 0.25) is 11.8 Å². The predicted octanol–water partition coefficient (Wildman–Crippen LogP) is 1.25. The van der Waals surface area contributed by atoms with Gasteiger partial charge in [0.05, 0.1) is 11.7 Å². The molecule has 0 bridgehead atoms. The molecule has 31 heavy (non-hydrogen) atoms. The van der Waals surface area contributed by atoms with E-state index in [0.29, 0.717) is 39.0 Å². The van der Waals surface area contributed by atoms with Gasteiger partial charge in [-0.1, -0.05) is 0 Å². The van der Waals surface area contributed by atoms with E-state index in [1.54, 1.807) is 4.90 Å². The number of halogens is 2. The SMILES string of the molecule is NC1(C(=O)N2CCN(C(=O)C3CCC(C4NC5CCCCN5C4Cl)C(F)C3)CC2)CC1. The average molecular weight is 456 g/mol. The Kier molecular flexibility index (Phi) is 5.95.